The summed E-state index contributed by atoms with van der Waals surface area (Å²) in [5.74, 6) is 0.443. The van der Waals surface area contributed by atoms with Crippen molar-refractivity contribution in [2.45, 2.75) is 53.9 Å². The van der Waals surface area contributed by atoms with Crippen LogP contribution in [0.4, 0.5) is 0 Å². The van der Waals surface area contributed by atoms with Crippen LogP contribution in [0.1, 0.15) is 53.9 Å². The lowest BCUT2D eigenvalue weighted by Gasteiger charge is -2.04. The number of hydrogen-bond acceptors (Lipinski definition) is 1. The summed E-state index contributed by atoms with van der Waals surface area (Å²) in [6.07, 6.45) is 10.8. The summed E-state index contributed by atoms with van der Waals surface area (Å²) < 4.78 is 0. The Balaban J connectivity index is 4.06. The molecule has 1 heteroatoms. The van der Waals surface area contributed by atoms with Crippen LogP contribution in [0.15, 0.2) is 34.9 Å². The molecule has 1 unspecified atom stereocenters. The SMILES string of the molecule is CC(C)=CCC/C(C)=C/CC(C)/C=C(\C)C=O. The van der Waals surface area contributed by atoms with Gasteiger partial charge in [0.1, 0.15) is 6.29 Å². The number of rotatable bonds is 7. The summed E-state index contributed by atoms with van der Waals surface area (Å²) in [4.78, 5) is 10.5. The van der Waals surface area contributed by atoms with Crippen molar-refractivity contribution in [2.75, 3.05) is 0 Å². The van der Waals surface area contributed by atoms with E-state index in [0.29, 0.717) is 5.92 Å². The summed E-state index contributed by atoms with van der Waals surface area (Å²) in [6.45, 7) is 10.5. The van der Waals surface area contributed by atoms with Crippen LogP contribution < -0.4 is 0 Å². The molecule has 0 saturated carbocycles. The van der Waals surface area contributed by atoms with Crippen LogP contribution in [0.2, 0.25) is 0 Å². The molecule has 0 aromatic heterocycles. The van der Waals surface area contributed by atoms with Crippen LogP contribution in [-0.4, -0.2) is 6.29 Å². The molecule has 0 N–H and O–H groups in total. The van der Waals surface area contributed by atoms with E-state index in [1.807, 2.05) is 13.0 Å². The van der Waals surface area contributed by atoms with Gasteiger partial charge in [0, 0.05) is 0 Å². The predicted molar refractivity (Wildman–Crippen MR) is 76.0 cm³/mol. The van der Waals surface area contributed by atoms with Crippen LogP contribution >= 0.6 is 0 Å². The Labute approximate surface area is 106 Å². The first-order valence-corrected chi connectivity index (χ1v) is 6.38. The zero-order chi connectivity index (χ0) is 13.3. The van der Waals surface area contributed by atoms with Gasteiger partial charge in [-0.1, -0.05) is 36.3 Å². The summed E-state index contributed by atoms with van der Waals surface area (Å²) in [5, 5.41) is 0. The number of aldehydes is 1. The highest BCUT2D eigenvalue weighted by Crippen LogP contribution is 2.12. The van der Waals surface area contributed by atoms with E-state index in [1.54, 1.807) is 0 Å². The zero-order valence-electron chi connectivity index (χ0n) is 11.9. The maximum absolute atomic E-state index is 10.5. The van der Waals surface area contributed by atoms with Crippen molar-refractivity contribution in [2.24, 2.45) is 5.92 Å². The van der Waals surface area contributed by atoms with E-state index in [2.05, 4.69) is 39.8 Å². The van der Waals surface area contributed by atoms with Crippen molar-refractivity contribution >= 4 is 6.29 Å². The van der Waals surface area contributed by atoms with Crippen molar-refractivity contribution in [1.82, 2.24) is 0 Å². The third-order valence-electron chi connectivity index (χ3n) is 2.66. The minimum atomic E-state index is 0.443. The minimum absolute atomic E-state index is 0.443. The standard InChI is InChI=1S/C16H26O/c1-13(2)7-6-8-14(3)9-10-15(4)11-16(5)12-17/h7,9,11-12,15H,6,8,10H2,1-5H3/b14-9+,16-11+. The van der Waals surface area contributed by atoms with Crippen molar-refractivity contribution < 1.29 is 4.79 Å². The highest BCUT2D eigenvalue weighted by molar-refractivity contribution is 5.72. The van der Waals surface area contributed by atoms with Crippen molar-refractivity contribution in [3.8, 4) is 0 Å². The van der Waals surface area contributed by atoms with Gasteiger partial charge < -0.3 is 0 Å². The molecule has 0 radical (unpaired) electrons. The number of allylic oxidation sites excluding steroid dienone is 6. The van der Waals surface area contributed by atoms with Crippen LogP contribution in [0.25, 0.3) is 0 Å². The monoisotopic (exact) mass is 234 g/mol. The van der Waals surface area contributed by atoms with Crippen molar-refractivity contribution in [3.63, 3.8) is 0 Å². The molecule has 17 heavy (non-hydrogen) atoms. The predicted octanol–water partition coefficient (Wildman–Crippen LogP) is 4.85. The molecule has 0 fully saturated rings. The summed E-state index contributed by atoms with van der Waals surface area (Å²) in [5.41, 5.74) is 3.65. The molecule has 96 valence electrons. The molecule has 0 heterocycles. The lowest BCUT2D eigenvalue weighted by Crippen LogP contribution is -1.90. The Morgan fingerprint density at radius 1 is 1.12 bits per heavy atom. The van der Waals surface area contributed by atoms with E-state index in [-0.39, 0.29) is 0 Å². The molecule has 0 spiro atoms. The molecular weight excluding hydrogens is 208 g/mol. The van der Waals surface area contributed by atoms with E-state index in [1.165, 1.54) is 11.1 Å². The van der Waals surface area contributed by atoms with Gasteiger partial charge in [-0.2, -0.15) is 0 Å². The van der Waals surface area contributed by atoms with Crippen molar-refractivity contribution in [3.05, 3.63) is 34.9 Å². The molecule has 0 aliphatic carbocycles. The summed E-state index contributed by atoms with van der Waals surface area (Å²) >= 11 is 0. The average Bonchev–Trinajstić information content (AvgIpc) is 2.25. The van der Waals surface area contributed by atoms with E-state index in [4.69, 9.17) is 0 Å². The van der Waals surface area contributed by atoms with Crippen LogP contribution in [0, 0.1) is 5.92 Å². The molecule has 0 saturated heterocycles. The molecule has 0 aliphatic rings. The second-order valence-electron chi connectivity index (χ2n) is 5.11. The van der Waals surface area contributed by atoms with E-state index >= 15 is 0 Å². The second-order valence-corrected chi connectivity index (χ2v) is 5.11. The fourth-order valence-electron chi connectivity index (χ4n) is 1.63. The summed E-state index contributed by atoms with van der Waals surface area (Å²) in [6, 6.07) is 0. The molecule has 0 bridgehead atoms. The Bertz CT molecular complexity index is 314. The fraction of sp³-hybridized carbons (Fsp3) is 0.562. The molecule has 0 aliphatic heterocycles. The van der Waals surface area contributed by atoms with Crippen LogP contribution in [0.3, 0.4) is 0 Å². The third-order valence-corrected chi connectivity index (χ3v) is 2.66. The largest absolute Gasteiger partial charge is 0.298 e. The zero-order valence-corrected chi connectivity index (χ0v) is 11.9. The first kappa shape index (κ1) is 15.9. The molecule has 0 amide bonds. The molecule has 1 nitrogen and oxygen atoms in total. The van der Waals surface area contributed by atoms with Gasteiger partial charge in [0.05, 0.1) is 0 Å². The van der Waals surface area contributed by atoms with Gasteiger partial charge in [-0.05, 0) is 58.4 Å². The smallest absolute Gasteiger partial charge is 0.145 e. The molecule has 0 aromatic rings. The van der Waals surface area contributed by atoms with Crippen LogP contribution in [-0.2, 0) is 4.79 Å². The normalized spacial score (nSPS) is 14.4. The van der Waals surface area contributed by atoms with Gasteiger partial charge in [-0.15, -0.1) is 0 Å². The first-order valence-electron chi connectivity index (χ1n) is 6.38. The van der Waals surface area contributed by atoms with Gasteiger partial charge in [0.15, 0.2) is 0 Å². The van der Waals surface area contributed by atoms with Crippen LogP contribution in [0.5, 0.6) is 0 Å². The molecule has 0 aromatic carbocycles. The van der Waals surface area contributed by atoms with E-state index in [9.17, 15) is 4.79 Å². The topological polar surface area (TPSA) is 17.1 Å². The third kappa shape index (κ3) is 9.80. The van der Waals surface area contributed by atoms with Gasteiger partial charge in [0.2, 0.25) is 0 Å². The van der Waals surface area contributed by atoms with Gasteiger partial charge >= 0.3 is 0 Å². The van der Waals surface area contributed by atoms with E-state index in [0.717, 1.165) is 31.1 Å². The highest BCUT2D eigenvalue weighted by atomic mass is 16.1. The second kappa shape index (κ2) is 8.98. The lowest BCUT2D eigenvalue weighted by molar-refractivity contribution is -0.104. The van der Waals surface area contributed by atoms with Crippen molar-refractivity contribution in [1.29, 1.82) is 0 Å². The Kier molecular flexibility index (Phi) is 8.39. The van der Waals surface area contributed by atoms with Gasteiger partial charge in [-0.25, -0.2) is 0 Å². The Hall–Kier alpha value is -1.11. The molecule has 0 rings (SSSR count). The van der Waals surface area contributed by atoms with Gasteiger partial charge in [0.25, 0.3) is 0 Å². The summed E-state index contributed by atoms with van der Waals surface area (Å²) in [7, 11) is 0. The quantitative estimate of drug-likeness (QED) is 0.349. The lowest BCUT2D eigenvalue weighted by atomic mass is 10.0. The number of carbonyl (C=O) groups excluding carboxylic acids is 1. The molecular formula is C16H26O. The first-order chi connectivity index (χ1) is 7.95. The van der Waals surface area contributed by atoms with Gasteiger partial charge in [-0.3, -0.25) is 4.79 Å². The van der Waals surface area contributed by atoms with E-state index < -0.39 is 0 Å². The Morgan fingerprint density at radius 2 is 1.76 bits per heavy atom. The molecule has 1 atom stereocenters. The Morgan fingerprint density at radius 3 is 2.29 bits per heavy atom. The maximum atomic E-state index is 10.5. The highest BCUT2D eigenvalue weighted by Gasteiger charge is 1.97. The number of carbonyl (C=O) groups is 1. The fourth-order valence-corrected chi connectivity index (χ4v) is 1.63. The average molecular weight is 234 g/mol. The maximum Gasteiger partial charge on any atom is 0.145 e. The minimum Gasteiger partial charge on any atom is -0.298 e. The number of hydrogen-bond donors (Lipinski definition) is 0.